The van der Waals surface area contributed by atoms with Crippen LogP contribution >= 0.6 is 23.4 Å². The molecule has 3 aromatic rings. The number of nitrogen functional groups attached to an aromatic ring is 1. The predicted octanol–water partition coefficient (Wildman–Crippen LogP) is 4.64. The fourth-order valence-electron chi connectivity index (χ4n) is 2.56. The average molecular weight is 428 g/mol. The van der Waals surface area contributed by atoms with E-state index in [0.29, 0.717) is 27.7 Å². The van der Waals surface area contributed by atoms with Crippen LogP contribution in [0.1, 0.15) is 18.1 Å². The molecular formula is C20H15ClFN5OS. The smallest absolute Gasteiger partial charge is 0.221 e. The third-order valence-electron chi connectivity index (χ3n) is 3.90. The molecule has 0 saturated carbocycles. The number of rotatable bonds is 5. The van der Waals surface area contributed by atoms with Gasteiger partial charge in [-0.25, -0.2) is 14.4 Å². The summed E-state index contributed by atoms with van der Waals surface area (Å²) >= 11 is 6.99. The number of nitriles is 1. The molecule has 0 aliphatic carbocycles. The Balaban J connectivity index is 1.91. The van der Waals surface area contributed by atoms with Gasteiger partial charge in [-0.2, -0.15) is 5.26 Å². The fourth-order valence-corrected chi connectivity index (χ4v) is 3.58. The quantitative estimate of drug-likeness (QED) is 0.454. The first kappa shape index (κ1) is 20.6. The van der Waals surface area contributed by atoms with Gasteiger partial charge >= 0.3 is 0 Å². The van der Waals surface area contributed by atoms with Crippen molar-refractivity contribution in [2.45, 2.75) is 17.8 Å². The minimum Gasteiger partial charge on any atom is -0.382 e. The summed E-state index contributed by atoms with van der Waals surface area (Å²) in [6, 6.07) is 13.6. The number of anilines is 2. The Morgan fingerprint density at radius 2 is 2.00 bits per heavy atom. The van der Waals surface area contributed by atoms with Crippen molar-refractivity contribution in [3.8, 4) is 17.3 Å². The maximum absolute atomic E-state index is 14.1. The molecule has 0 bridgehead atoms. The molecule has 0 radical (unpaired) electrons. The van der Waals surface area contributed by atoms with Gasteiger partial charge in [-0.15, -0.1) is 0 Å². The summed E-state index contributed by atoms with van der Waals surface area (Å²) in [5, 5.41) is 12.5. The zero-order valence-electron chi connectivity index (χ0n) is 15.2. The maximum atomic E-state index is 14.1. The Morgan fingerprint density at radius 1 is 1.28 bits per heavy atom. The summed E-state index contributed by atoms with van der Waals surface area (Å²) in [7, 11) is 0. The summed E-state index contributed by atoms with van der Waals surface area (Å²) in [5.74, 6) is -0.387. The number of aromatic nitrogens is 2. The van der Waals surface area contributed by atoms with Crippen molar-refractivity contribution >= 4 is 40.8 Å². The van der Waals surface area contributed by atoms with Crippen molar-refractivity contribution in [3.05, 3.63) is 64.4 Å². The van der Waals surface area contributed by atoms with Crippen molar-refractivity contribution in [1.82, 2.24) is 9.97 Å². The number of benzene rings is 2. The number of nitrogens with one attached hydrogen (secondary N) is 1. The molecule has 0 saturated heterocycles. The molecule has 0 fully saturated rings. The highest BCUT2D eigenvalue weighted by atomic mass is 35.5. The van der Waals surface area contributed by atoms with E-state index in [1.807, 2.05) is 6.07 Å². The van der Waals surface area contributed by atoms with Crippen molar-refractivity contribution in [1.29, 1.82) is 5.26 Å². The van der Waals surface area contributed by atoms with E-state index in [1.165, 1.54) is 24.8 Å². The number of hydrogen-bond acceptors (Lipinski definition) is 6. The van der Waals surface area contributed by atoms with Gasteiger partial charge in [-0.1, -0.05) is 47.6 Å². The number of hydrogen-bond donors (Lipinski definition) is 2. The van der Waals surface area contributed by atoms with Crippen LogP contribution in [0.25, 0.3) is 11.3 Å². The van der Waals surface area contributed by atoms with Crippen LogP contribution in [-0.4, -0.2) is 15.9 Å². The number of amides is 1. The summed E-state index contributed by atoms with van der Waals surface area (Å²) in [6.45, 7) is 1.42. The second kappa shape index (κ2) is 8.90. The summed E-state index contributed by atoms with van der Waals surface area (Å²) < 4.78 is 14.1. The van der Waals surface area contributed by atoms with E-state index in [4.69, 9.17) is 17.3 Å². The van der Waals surface area contributed by atoms with Gasteiger partial charge < -0.3 is 11.1 Å². The van der Waals surface area contributed by atoms with Crippen molar-refractivity contribution in [2.75, 3.05) is 11.1 Å². The zero-order valence-corrected chi connectivity index (χ0v) is 16.8. The number of nitrogens with two attached hydrogens (primary N) is 1. The Kier molecular flexibility index (Phi) is 6.32. The third kappa shape index (κ3) is 4.83. The van der Waals surface area contributed by atoms with Crippen LogP contribution in [0.15, 0.2) is 47.6 Å². The van der Waals surface area contributed by atoms with Gasteiger partial charge in [-0.3, -0.25) is 4.79 Å². The molecule has 6 nitrogen and oxygen atoms in total. The molecule has 2 aromatic carbocycles. The van der Waals surface area contributed by atoms with Crippen LogP contribution in [0.4, 0.5) is 15.9 Å². The summed E-state index contributed by atoms with van der Waals surface area (Å²) in [6.07, 6.45) is 0. The second-order valence-corrected chi connectivity index (χ2v) is 7.34. The van der Waals surface area contributed by atoms with E-state index in [9.17, 15) is 14.4 Å². The second-order valence-electron chi connectivity index (χ2n) is 5.99. The maximum Gasteiger partial charge on any atom is 0.221 e. The minimum absolute atomic E-state index is 0.0394. The molecule has 9 heteroatoms. The van der Waals surface area contributed by atoms with Gasteiger partial charge in [0.05, 0.1) is 10.7 Å². The van der Waals surface area contributed by atoms with Crippen LogP contribution < -0.4 is 11.1 Å². The third-order valence-corrected chi connectivity index (χ3v) is 5.08. The Morgan fingerprint density at radius 3 is 2.66 bits per heavy atom. The SMILES string of the molecule is CC(=O)Nc1ccc(-c2nc(SCc3cccc(Cl)c3F)nc(N)c2C#N)cc1. The van der Waals surface area contributed by atoms with E-state index < -0.39 is 5.82 Å². The lowest BCUT2D eigenvalue weighted by Gasteiger charge is -2.10. The van der Waals surface area contributed by atoms with Crippen LogP contribution in [0.3, 0.4) is 0 Å². The normalized spacial score (nSPS) is 10.4. The molecule has 1 heterocycles. The van der Waals surface area contributed by atoms with Crippen molar-refractivity contribution in [3.63, 3.8) is 0 Å². The van der Waals surface area contributed by atoms with Gasteiger partial charge in [0.25, 0.3) is 0 Å². The Labute approximate surface area is 175 Å². The molecule has 146 valence electrons. The molecule has 3 N–H and O–H groups in total. The van der Waals surface area contributed by atoms with E-state index in [2.05, 4.69) is 15.3 Å². The highest BCUT2D eigenvalue weighted by Gasteiger charge is 2.16. The fraction of sp³-hybridized carbons (Fsp3) is 0.100. The molecule has 0 spiro atoms. The van der Waals surface area contributed by atoms with E-state index in [-0.39, 0.29) is 28.1 Å². The predicted molar refractivity (Wildman–Crippen MR) is 112 cm³/mol. The average Bonchev–Trinajstić information content (AvgIpc) is 2.69. The number of carbonyl (C=O) groups excluding carboxylic acids is 1. The molecule has 0 unspecified atom stereocenters. The highest BCUT2D eigenvalue weighted by molar-refractivity contribution is 7.98. The zero-order chi connectivity index (χ0) is 21.0. The topological polar surface area (TPSA) is 105 Å². The van der Waals surface area contributed by atoms with Gasteiger partial charge in [0.15, 0.2) is 5.16 Å². The molecule has 29 heavy (non-hydrogen) atoms. The standard InChI is InChI=1S/C20H15ClFN5OS/c1-11(28)25-14-7-5-12(6-8-14)18-15(9-23)19(24)27-20(26-18)29-10-13-3-2-4-16(21)17(13)22/h2-8H,10H2,1H3,(H,25,28)(H2,24,26,27). The van der Waals surface area contributed by atoms with Gasteiger partial charge in [-0.05, 0) is 23.8 Å². The molecule has 0 aliphatic rings. The first-order valence-corrected chi connectivity index (χ1v) is 9.76. The first-order chi connectivity index (χ1) is 13.9. The molecular weight excluding hydrogens is 413 g/mol. The number of thioether (sulfide) groups is 1. The molecule has 0 aliphatic heterocycles. The lowest BCUT2D eigenvalue weighted by Crippen LogP contribution is -2.05. The summed E-state index contributed by atoms with van der Waals surface area (Å²) in [4.78, 5) is 19.8. The van der Waals surface area contributed by atoms with Crippen LogP contribution in [0.2, 0.25) is 5.02 Å². The Hall–Kier alpha value is -3.15. The summed E-state index contributed by atoms with van der Waals surface area (Å²) in [5.41, 5.74) is 8.13. The first-order valence-electron chi connectivity index (χ1n) is 8.40. The molecule has 1 amide bonds. The van der Waals surface area contributed by atoms with Crippen LogP contribution in [-0.2, 0) is 10.5 Å². The van der Waals surface area contributed by atoms with Crippen molar-refractivity contribution < 1.29 is 9.18 Å². The largest absolute Gasteiger partial charge is 0.382 e. The van der Waals surface area contributed by atoms with Gasteiger partial charge in [0.1, 0.15) is 23.3 Å². The molecule has 1 aromatic heterocycles. The number of nitrogens with zero attached hydrogens (tertiary/aromatic N) is 3. The number of halogens is 2. The van der Waals surface area contributed by atoms with E-state index in [0.717, 1.165) is 0 Å². The minimum atomic E-state index is -0.489. The van der Waals surface area contributed by atoms with Gasteiger partial charge in [0, 0.05) is 23.9 Å². The van der Waals surface area contributed by atoms with Crippen LogP contribution in [0, 0.1) is 17.1 Å². The molecule has 0 atom stereocenters. The highest BCUT2D eigenvalue weighted by Crippen LogP contribution is 2.30. The van der Waals surface area contributed by atoms with Crippen molar-refractivity contribution in [2.24, 2.45) is 0 Å². The lowest BCUT2D eigenvalue weighted by atomic mass is 10.1. The van der Waals surface area contributed by atoms with E-state index >= 15 is 0 Å². The van der Waals surface area contributed by atoms with Gasteiger partial charge in [0.2, 0.25) is 5.91 Å². The number of carbonyl (C=O) groups is 1. The van der Waals surface area contributed by atoms with Crippen LogP contribution in [0.5, 0.6) is 0 Å². The Bertz CT molecular complexity index is 1120. The lowest BCUT2D eigenvalue weighted by molar-refractivity contribution is -0.114. The monoisotopic (exact) mass is 427 g/mol. The molecule has 3 rings (SSSR count). The van der Waals surface area contributed by atoms with E-state index in [1.54, 1.807) is 36.4 Å².